The van der Waals surface area contributed by atoms with E-state index in [1.807, 2.05) is 0 Å². The third-order valence-corrected chi connectivity index (χ3v) is 3.13. The van der Waals surface area contributed by atoms with Crippen molar-refractivity contribution < 1.29 is 19.4 Å². The number of carbonyl (C=O) groups excluding carboxylic acids is 1. The minimum atomic E-state index is -0.993. The minimum Gasteiger partial charge on any atom is -0.478 e. The Balaban J connectivity index is 2.25. The lowest BCUT2D eigenvalue weighted by Crippen LogP contribution is -2.35. The SMILES string of the molecule is O=C1CC2(CCCC2)[C@H](C(=O)O)O1. The molecule has 0 aromatic heterocycles. The summed E-state index contributed by atoms with van der Waals surface area (Å²) >= 11 is 0. The number of esters is 1. The average Bonchev–Trinajstić information content (AvgIpc) is 2.60. The van der Waals surface area contributed by atoms with E-state index in [4.69, 9.17) is 9.84 Å². The summed E-state index contributed by atoms with van der Waals surface area (Å²) in [6.45, 7) is 0. The van der Waals surface area contributed by atoms with Crippen LogP contribution in [0.4, 0.5) is 0 Å². The van der Waals surface area contributed by atoms with Crippen LogP contribution < -0.4 is 0 Å². The van der Waals surface area contributed by atoms with Crippen LogP contribution in [0.5, 0.6) is 0 Å². The number of hydrogen-bond acceptors (Lipinski definition) is 3. The molecule has 72 valence electrons. The molecule has 1 aliphatic heterocycles. The van der Waals surface area contributed by atoms with Crippen molar-refractivity contribution in [2.45, 2.75) is 38.2 Å². The van der Waals surface area contributed by atoms with E-state index in [1.54, 1.807) is 0 Å². The molecule has 1 saturated carbocycles. The van der Waals surface area contributed by atoms with Crippen LogP contribution >= 0.6 is 0 Å². The second-order valence-electron chi connectivity index (χ2n) is 3.95. The molecule has 13 heavy (non-hydrogen) atoms. The van der Waals surface area contributed by atoms with E-state index in [0.717, 1.165) is 25.7 Å². The van der Waals surface area contributed by atoms with Crippen LogP contribution in [0, 0.1) is 5.41 Å². The van der Waals surface area contributed by atoms with Gasteiger partial charge in [0.1, 0.15) is 0 Å². The molecule has 0 amide bonds. The Labute approximate surface area is 75.9 Å². The van der Waals surface area contributed by atoms with Gasteiger partial charge in [-0.25, -0.2) is 4.79 Å². The van der Waals surface area contributed by atoms with Gasteiger partial charge in [0.15, 0.2) is 0 Å². The fourth-order valence-corrected chi connectivity index (χ4v) is 2.51. The fraction of sp³-hybridized carbons (Fsp3) is 0.778. The summed E-state index contributed by atoms with van der Waals surface area (Å²) in [4.78, 5) is 21.9. The van der Waals surface area contributed by atoms with E-state index < -0.39 is 12.1 Å². The van der Waals surface area contributed by atoms with Crippen molar-refractivity contribution in [3.05, 3.63) is 0 Å². The molecule has 1 spiro atoms. The van der Waals surface area contributed by atoms with Crippen molar-refractivity contribution in [3.8, 4) is 0 Å². The number of cyclic esters (lactones) is 1. The standard InChI is InChI=1S/C9H12O4/c10-6-5-9(3-1-2-4-9)7(13-6)8(11)12/h7H,1-5H2,(H,11,12)/t7-/m0/s1. The van der Waals surface area contributed by atoms with Gasteiger partial charge in [-0.3, -0.25) is 4.79 Å². The molecule has 1 heterocycles. The monoisotopic (exact) mass is 184 g/mol. The normalized spacial score (nSPS) is 30.8. The summed E-state index contributed by atoms with van der Waals surface area (Å²) in [5.41, 5.74) is -0.372. The number of rotatable bonds is 1. The molecule has 1 saturated heterocycles. The molecule has 0 aromatic carbocycles. The molecular formula is C9H12O4. The highest BCUT2D eigenvalue weighted by Gasteiger charge is 2.53. The molecule has 0 aromatic rings. The van der Waals surface area contributed by atoms with Gasteiger partial charge in [-0.2, -0.15) is 0 Å². The zero-order valence-corrected chi connectivity index (χ0v) is 7.28. The maximum absolute atomic E-state index is 11.0. The lowest BCUT2D eigenvalue weighted by molar-refractivity contribution is -0.160. The second-order valence-corrected chi connectivity index (χ2v) is 3.95. The maximum atomic E-state index is 11.0. The Kier molecular flexibility index (Phi) is 1.78. The lowest BCUT2D eigenvalue weighted by atomic mass is 9.79. The summed E-state index contributed by atoms with van der Waals surface area (Å²) in [5.74, 6) is -1.35. The number of carbonyl (C=O) groups is 2. The van der Waals surface area contributed by atoms with Gasteiger partial charge in [-0.05, 0) is 12.8 Å². The van der Waals surface area contributed by atoms with Crippen LogP contribution in [0.15, 0.2) is 0 Å². The number of aliphatic carboxylic acids is 1. The summed E-state index contributed by atoms with van der Waals surface area (Å²) in [6.07, 6.45) is 3.07. The van der Waals surface area contributed by atoms with Crippen molar-refractivity contribution >= 4 is 11.9 Å². The zero-order chi connectivity index (χ0) is 9.47. The van der Waals surface area contributed by atoms with Gasteiger partial charge < -0.3 is 9.84 Å². The molecule has 4 nitrogen and oxygen atoms in total. The fourth-order valence-electron chi connectivity index (χ4n) is 2.51. The summed E-state index contributed by atoms with van der Waals surface area (Å²) in [5, 5.41) is 8.88. The molecule has 0 bridgehead atoms. The van der Waals surface area contributed by atoms with E-state index in [2.05, 4.69) is 0 Å². The van der Waals surface area contributed by atoms with Gasteiger partial charge in [-0.1, -0.05) is 12.8 Å². The molecule has 2 aliphatic rings. The van der Waals surface area contributed by atoms with E-state index in [-0.39, 0.29) is 11.4 Å². The van der Waals surface area contributed by atoms with Crippen LogP contribution in [-0.4, -0.2) is 23.1 Å². The lowest BCUT2D eigenvalue weighted by Gasteiger charge is -2.23. The largest absolute Gasteiger partial charge is 0.478 e. The average molecular weight is 184 g/mol. The molecular weight excluding hydrogens is 172 g/mol. The molecule has 4 heteroatoms. The van der Waals surface area contributed by atoms with Crippen molar-refractivity contribution in [1.29, 1.82) is 0 Å². The highest BCUT2D eigenvalue weighted by Crippen LogP contribution is 2.49. The Morgan fingerprint density at radius 2 is 2.08 bits per heavy atom. The van der Waals surface area contributed by atoms with Crippen LogP contribution in [0.25, 0.3) is 0 Å². The Bertz CT molecular complexity index is 252. The highest BCUT2D eigenvalue weighted by molar-refractivity contribution is 5.83. The van der Waals surface area contributed by atoms with Gasteiger partial charge in [0.2, 0.25) is 6.10 Å². The van der Waals surface area contributed by atoms with Gasteiger partial charge in [0.25, 0.3) is 0 Å². The first kappa shape index (κ1) is 8.53. The Morgan fingerprint density at radius 3 is 2.62 bits per heavy atom. The predicted octanol–water partition coefficient (Wildman–Crippen LogP) is 0.947. The maximum Gasteiger partial charge on any atom is 0.345 e. The molecule has 1 N–H and O–H groups in total. The smallest absolute Gasteiger partial charge is 0.345 e. The van der Waals surface area contributed by atoms with E-state index in [9.17, 15) is 9.59 Å². The number of carboxylic acid groups (broad SMARTS) is 1. The third kappa shape index (κ3) is 1.20. The van der Waals surface area contributed by atoms with Crippen molar-refractivity contribution in [1.82, 2.24) is 0 Å². The van der Waals surface area contributed by atoms with Crippen molar-refractivity contribution in [3.63, 3.8) is 0 Å². The Morgan fingerprint density at radius 1 is 1.46 bits per heavy atom. The number of carboxylic acids is 1. The van der Waals surface area contributed by atoms with E-state index >= 15 is 0 Å². The van der Waals surface area contributed by atoms with Gasteiger partial charge in [0.05, 0.1) is 6.42 Å². The molecule has 2 rings (SSSR count). The molecule has 0 unspecified atom stereocenters. The van der Waals surface area contributed by atoms with E-state index in [1.165, 1.54) is 0 Å². The van der Waals surface area contributed by atoms with E-state index in [0.29, 0.717) is 6.42 Å². The second kappa shape index (κ2) is 2.72. The summed E-state index contributed by atoms with van der Waals surface area (Å²) in [7, 11) is 0. The van der Waals surface area contributed by atoms with Gasteiger partial charge in [-0.15, -0.1) is 0 Å². The zero-order valence-electron chi connectivity index (χ0n) is 7.28. The van der Waals surface area contributed by atoms with Crippen LogP contribution in [0.3, 0.4) is 0 Å². The topological polar surface area (TPSA) is 63.6 Å². The first-order valence-corrected chi connectivity index (χ1v) is 4.56. The predicted molar refractivity (Wildman–Crippen MR) is 43.0 cm³/mol. The van der Waals surface area contributed by atoms with Gasteiger partial charge in [0, 0.05) is 5.41 Å². The molecule has 2 fully saturated rings. The number of ether oxygens (including phenoxy) is 1. The summed E-state index contributed by atoms with van der Waals surface area (Å²) in [6, 6.07) is 0. The quantitative estimate of drug-likeness (QED) is 0.616. The Hall–Kier alpha value is -1.06. The molecule has 1 aliphatic carbocycles. The van der Waals surface area contributed by atoms with Crippen molar-refractivity contribution in [2.24, 2.45) is 5.41 Å². The third-order valence-electron chi connectivity index (χ3n) is 3.13. The summed E-state index contributed by atoms with van der Waals surface area (Å²) < 4.78 is 4.82. The highest BCUT2D eigenvalue weighted by atomic mass is 16.6. The molecule has 1 atom stereocenters. The van der Waals surface area contributed by atoms with Crippen LogP contribution in [0.2, 0.25) is 0 Å². The molecule has 0 radical (unpaired) electrons. The van der Waals surface area contributed by atoms with Crippen molar-refractivity contribution in [2.75, 3.05) is 0 Å². The first-order chi connectivity index (χ1) is 6.14. The minimum absolute atomic E-state index is 0.296. The van der Waals surface area contributed by atoms with Gasteiger partial charge >= 0.3 is 11.9 Å². The number of hydrogen-bond donors (Lipinski definition) is 1. The van der Waals surface area contributed by atoms with Crippen LogP contribution in [-0.2, 0) is 14.3 Å². The first-order valence-electron chi connectivity index (χ1n) is 4.56. The van der Waals surface area contributed by atoms with Crippen LogP contribution in [0.1, 0.15) is 32.1 Å².